The summed E-state index contributed by atoms with van der Waals surface area (Å²) in [6.07, 6.45) is 2.40. The molecule has 1 aromatic rings. The lowest BCUT2D eigenvalue weighted by atomic mass is 10.0. The van der Waals surface area contributed by atoms with Gasteiger partial charge in [0.15, 0.2) is 0 Å². The summed E-state index contributed by atoms with van der Waals surface area (Å²) in [5.74, 6) is 8.76. The number of hydrazine groups is 1. The van der Waals surface area contributed by atoms with E-state index in [0.29, 0.717) is 17.8 Å². The van der Waals surface area contributed by atoms with Gasteiger partial charge >= 0.3 is 0 Å². The quantitative estimate of drug-likeness (QED) is 0.626. The lowest BCUT2D eigenvalue weighted by Gasteiger charge is -2.20. The summed E-state index contributed by atoms with van der Waals surface area (Å²) in [7, 11) is 0. The van der Waals surface area contributed by atoms with Gasteiger partial charge in [-0.05, 0) is 24.7 Å². The first-order valence-electron chi connectivity index (χ1n) is 7.40. The van der Waals surface area contributed by atoms with Crippen LogP contribution in [0.4, 0.5) is 17.8 Å². The van der Waals surface area contributed by atoms with Crippen LogP contribution in [0.3, 0.4) is 0 Å². The molecule has 2 unspecified atom stereocenters. The summed E-state index contributed by atoms with van der Waals surface area (Å²) >= 11 is 0. The Morgan fingerprint density at radius 2 is 1.50 bits per heavy atom. The first-order valence-corrected chi connectivity index (χ1v) is 7.40. The Bertz CT molecular complexity index is 462. The number of nitrogens with two attached hydrogens (primary N) is 1. The van der Waals surface area contributed by atoms with Crippen molar-refractivity contribution in [3.8, 4) is 0 Å². The van der Waals surface area contributed by atoms with Crippen LogP contribution in [0.25, 0.3) is 0 Å². The van der Waals surface area contributed by atoms with Crippen molar-refractivity contribution < 1.29 is 0 Å². The summed E-state index contributed by atoms with van der Waals surface area (Å²) < 4.78 is 0. The average molecular weight is 277 g/mol. The largest absolute Gasteiger partial charge is 0.341 e. The molecule has 3 rings (SSSR count). The van der Waals surface area contributed by atoms with Crippen molar-refractivity contribution in [1.29, 1.82) is 0 Å². The molecule has 0 bridgehead atoms. The molecule has 2 aliphatic heterocycles. The summed E-state index contributed by atoms with van der Waals surface area (Å²) in [5.41, 5.74) is 2.56. The number of nitrogen functional groups attached to an aromatic ring is 1. The molecule has 0 radical (unpaired) electrons. The third-order valence-corrected chi connectivity index (χ3v) is 4.40. The summed E-state index contributed by atoms with van der Waals surface area (Å²) in [6, 6.07) is 0. The van der Waals surface area contributed by atoms with Crippen LogP contribution in [0, 0.1) is 11.8 Å². The first kappa shape index (κ1) is 13.4. The molecule has 1 aromatic heterocycles. The second kappa shape index (κ2) is 5.40. The van der Waals surface area contributed by atoms with E-state index in [2.05, 4.69) is 44.0 Å². The van der Waals surface area contributed by atoms with Crippen molar-refractivity contribution in [2.75, 3.05) is 41.4 Å². The van der Waals surface area contributed by atoms with Gasteiger partial charge in [-0.3, -0.25) is 5.43 Å². The third kappa shape index (κ3) is 2.49. The number of rotatable bonds is 3. The molecular formula is C13H23N7. The molecule has 2 atom stereocenters. The predicted molar refractivity (Wildman–Crippen MR) is 79.6 cm³/mol. The minimum atomic E-state index is 0.448. The van der Waals surface area contributed by atoms with E-state index in [0.717, 1.165) is 38.1 Å². The van der Waals surface area contributed by atoms with Crippen molar-refractivity contribution in [3.63, 3.8) is 0 Å². The van der Waals surface area contributed by atoms with Gasteiger partial charge in [-0.1, -0.05) is 13.8 Å². The highest BCUT2D eigenvalue weighted by Crippen LogP contribution is 2.27. The fourth-order valence-electron chi connectivity index (χ4n) is 2.91. The number of hydrogen-bond donors (Lipinski definition) is 2. The number of nitrogens with one attached hydrogen (secondary N) is 1. The van der Waals surface area contributed by atoms with Crippen molar-refractivity contribution in [3.05, 3.63) is 0 Å². The molecule has 0 saturated carbocycles. The molecule has 0 aromatic carbocycles. The minimum absolute atomic E-state index is 0.448. The van der Waals surface area contributed by atoms with Crippen molar-refractivity contribution in [2.45, 2.75) is 26.7 Å². The molecule has 0 aliphatic carbocycles. The maximum absolute atomic E-state index is 5.50. The Morgan fingerprint density at radius 1 is 0.950 bits per heavy atom. The van der Waals surface area contributed by atoms with E-state index in [4.69, 9.17) is 5.84 Å². The van der Waals surface area contributed by atoms with Crippen LogP contribution in [0.2, 0.25) is 0 Å². The third-order valence-electron chi connectivity index (χ3n) is 4.40. The Hall–Kier alpha value is -1.63. The SMILES string of the molecule is CC1CN(c2nc(NN)nc(N3CCCC3)n2)CC1C. The monoisotopic (exact) mass is 277 g/mol. The average Bonchev–Trinajstić information content (AvgIpc) is 3.09. The molecule has 2 aliphatic rings. The molecule has 3 heterocycles. The molecule has 110 valence electrons. The zero-order chi connectivity index (χ0) is 14.1. The van der Waals surface area contributed by atoms with Crippen LogP contribution in [0.5, 0.6) is 0 Å². The molecular weight excluding hydrogens is 254 g/mol. The number of aromatic nitrogens is 3. The number of anilines is 3. The van der Waals surface area contributed by atoms with Crippen LogP contribution < -0.4 is 21.1 Å². The fourth-order valence-corrected chi connectivity index (χ4v) is 2.91. The number of hydrogen-bond acceptors (Lipinski definition) is 7. The van der Waals surface area contributed by atoms with Crippen molar-refractivity contribution in [1.82, 2.24) is 15.0 Å². The van der Waals surface area contributed by atoms with E-state index in [9.17, 15) is 0 Å². The predicted octanol–water partition coefficient (Wildman–Crippen LogP) is 0.850. The van der Waals surface area contributed by atoms with Gasteiger partial charge in [-0.15, -0.1) is 0 Å². The Labute approximate surface area is 119 Å². The smallest absolute Gasteiger partial charge is 0.243 e. The van der Waals surface area contributed by atoms with Gasteiger partial charge in [0, 0.05) is 26.2 Å². The molecule has 20 heavy (non-hydrogen) atoms. The standard InChI is InChI=1S/C13H23N7/c1-9-7-20(8-10(9)2)13-16-11(18-14)15-12(17-13)19-5-3-4-6-19/h9-10H,3-8,14H2,1-2H3,(H,15,16,17,18). The highest BCUT2D eigenvalue weighted by molar-refractivity contribution is 5.46. The van der Waals surface area contributed by atoms with E-state index in [1.54, 1.807) is 0 Å². The van der Waals surface area contributed by atoms with Crippen LogP contribution in [-0.2, 0) is 0 Å². The van der Waals surface area contributed by atoms with E-state index in [1.165, 1.54) is 12.8 Å². The Kier molecular flexibility index (Phi) is 3.60. The van der Waals surface area contributed by atoms with Gasteiger partial charge in [-0.2, -0.15) is 15.0 Å². The fraction of sp³-hybridized carbons (Fsp3) is 0.769. The Morgan fingerprint density at radius 3 is 2.05 bits per heavy atom. The van der Waals surface area contributed by atoms with Gasteiger partial charge in [0.25, 0.3) is 0 Å². The highest BCUT2D eigenvalue weighted by atomic mass is 15.4. The first-order chi connectivity index (χ1) is 9.67. The van der Waals surface area contributed by atoms with Gasteiger partial charge in [0.2, 0.25) is 17.8 Å². The van der Waals surface area contributed by atoms with Crippen LogP contribution >= 0.6 is 0 Å². The van der Waals surface area contributed by atoms with E-state index in [1.807, 2.05) is 0 Å². The lowest BCUT2D eigenvalue weighted by Crippen LogP contribution is -2.27. The van der Waals surface area contributed by atoms with Crippen molar-refractivity contribution in [2.24, 2.45) is 17.7 Å². The second-order valence-electron chi connectivity index (χ2n) is 5.96. The molecule has 0 spiro atoms. The topological polar surface area (TPSA) is 83.2 Å². The van der Waals surface area contributed by atoms with Crippen molar-refractivity contribution >= 4 is 17.8 Å². The van der Waals surface area contributed by atoms with Gasteiger partial charge in [0.1, 0.15) is 0 Å². The normalized spacial score (nSPS) is 26.4. The highest BCUT2D eigenvalue weighted by Gasteiger charge is 2.29. The van der Waals surface area contributed by atoms with E-state index < -0.39 is 0 Å². The molecule has 2 saturated heterocycles. The lowest BCUT2D eigenvalue weighted by molar-refractivity contribution is 0.494. The molecule has 7 heteroatoms. The van der Waals surface area contributed by atoms with E-state index >= 15 is 0 Å². The maximum atomic E-state index is 5.50. The minimum Gasteiger partial charge on any atom is -0.341 e. The summed E-state index contributed by atoms with van der Waals surface area (Å²) in [5, 5.41) is 0. The molecule has 7 nitrogen and oxygen atoms in total. The van der Waals surface area contributed by atoms with Crippen LogP contribution in [0.1, 0.15) is 26.7 Å². The zero-order valence-corrected chi connectivity index (χ0v) is 12.2. The van der Waals surface area contributed by atoms with Gasteiger partial charge < -0.3 is 9.80 Å². The second-order valence-corrected chi connectivity index (χ2v) is 5.96. The summed E-state index contributed by atoms with van der Waals surface area (Å²) in [6.45, 7) is 8.56. The number of nitrogens with zero attached hydrogens (tertiary/aromatic N) is 5. The zero-order valence-electron chi connectivity index (χ0n) is 12.2. The maximum Gasteiger partial charge on any atom is 0.243 e. The van der Waals surface area contributed by atoms with Gasteiger partial charge in [0.05, 0.1) is 0 Å². The van der Waals surface area contributed by atoms with Gasteiger partial charge in [-0.25, -0.2) is 5.84 Å². The Balaban J connectivity index is 1.88. The molecule has 3 N–H and O–H groups in total. The molecule has 0 amide bonds. The van der Waals surface area contributed by atoms with Crippen LogP contribution in [-0.4, -0.2) is 41.1 Å². The van der Waals surface area contributed by atoms with E-state index in [-0.39, 0.29) is 0 Å². The van der Waals surface area contributed by atoms with Crippen LogP contribution in [0.15, 0.2) is 0 Å². The summed E-state index contributed by atoms with van der Waals surface area (Å²) in [4.78, 5) is 17.9. The molecule has 2 fully saturated rings.